The van der Waals surface area contributed by atoms with Gasteiger partial charge in [-0.05, 0) is 0 Å². The Morgan fingerprint density at radius 3 is 2.45 bits per heavy atom. The number of rotatable bonds is 3. The molecule has 0 amide bonds. The highest BCUT2D eigenvalue weighted by Crippen LogP contribution is 2.13. The molecule has 0 aliphatic carbocycles. The standard InChI is InChI=1S/C8H8O2S/c1-7(9-10-11)8-5-3-2-4-6-8/h2-6,11H,1H2. The molecule has 1 aromatic carbocycles. The van der Waals surface area contributed by atoms with Gasteiger partial charge in [0.05, 0.1) is 0 Å². The van der Waals surface area contributed by atoms with Crippen LogP contribution in [0.2, 0.25) is 0 Å². The fraction of sp³-hybridized carbons (Fsp3) is 0. The Morgan fingerprint density at radius 1 is 1.27 bits per heavy atom. The van der Waals surface area contributed by atoms with Crippen LogP contribution in [0, 0.1) is 0 Å². The predicted octanol–water partition coefficient (Wildman–Crippen LogP) is 2.45. The van der Waals surface area contributed by atoms with Gasteiger partial charge in [0.1, 0.15) is 0 Å². The van der Waals surface area contributed by atoms with Crippen LogP contribution in [0.1, 0.15) is 5.56 Å². The van der Waals surface area contributed by atoms with Crippen molar-refractivity contribution in [2.24, 2.45) is 0 Å². The van der Waals surface area contributed by atoms with E-state index in [-0.39, 0.29) is 0 Å². The predicted molar refractivity (Wildman–Crippen MR) is 46.6 cm³/mol. The van der Waals surface area contributed by atoms with Gasteiger partial charge >= 0.3 is 0 Å². The zero-order valence-electron chi connectivity index (χ0n) is 5.86. The van der Waals surface area contributed by atoms with Crippen LogP contribution in [0.3, 0.4) is 0 Å². The van der Waals surface area contributed by atoms with Crippen molar-refractivity contribution >= 4 is 18.7 Å². The van der Waals surface area contributed by atoms with E-state index < -0.39 is 0 Å². The molecule has 1 aromatic rings. The first-order valence-electron chi connectivity index (χ1n) is 3.07. The molecule has 11 heavy (non-hydrogen) atoms. The normalized spacial score (nSPS) is 9.18. The second-order valence-electron chi connectivity index (χ2n) is 1.95. The third-order valence-electron chi connectivity index (χ3n) is 1.23. The summed E-state index contributed by atoms with van der Waals surface area (Å²) in [6, 6.07) is 9.44. The smallest absolute Gasteiger partial charge is 0.166 e. The summed E-state index contributed by atoms with van der Waals surface area (Å²) in [6.07, 6.45) is 0. The maximum Gasteiger partial charge on any atom is 0.166 e. The minimum atomic E-state index is 0.445. The van der Waals surface area contributed by atoms with E-state index in [9.17, 15) is 0 Å². The van der Waals surface area contributed by atoms with Crippen LogP contribution in [0.4, 0.5) is 0 Å². The molecule has 0 aromatic heterocycles. The molecule has 0 heterocycles. The Morgan fingerprint density at radius 2 is 1.91 bits per heavy atom. The minimum Gasteiger partial charge on any atom is -0.325 e. The molecule has 0 saturated heterocycles. The molecule has 0 N–H and O–H groups in total. The molecule has 0 aliphatic rings. The van der Waals surface area contributed by atoms with Gasteiger partial charge in [-0.1, -0.05) is 36.9 Å². The van der Waals surface area contributed by atoms with E-state index in [1.807, 2.05) is 30.3 Å². The van der Waals surface area contributed by atoms with Gasteiger partial charge in [-0.15, -0.1) is 4.33 Å². The van der Waals surface area contributed by atoms with Gasteiger partial charge in [0.2, 0.25) is 0 Å². The van der Waals surface area contributed by atoms with Crippen molar-refractivity contribution in [2.75, 3.05) is 0 Å². The maximum absolute atomic E-state index is 4.60. The van der Waals surface area contributed by atoms with Gasteiger partial charge in [0.25, 0.3) is 0 Å². The Kier molecular flexibility index (Phi) is 3.01. The molecule has 2 nitrogen and oxygen atoms in total. The fourth-order valence-corrected chi connectivity index (χ4v) is 0.807. The SMILES string of the molecule is C=C(OOS)c1ccccc1. The second kappa shape index (κ2) is 4.05. The molecule has 0 radical (unpaired) electrons. The van der Waals surface area contributed by atoms with Gasteiger partial charge in [-0.25, -0.2) is 0 Å². The van der Waals surface area contributed by atoms with Gasteiger partial charge in [-0.3, -0.25) is 0 Å². The van der Waals surface area contributed by atoms with Crippen LogP contribution < -0.4 is 0 Å². The maximum atomic E-state index is 4.60. The highest BCUT2D eigenvalue weighted by atomic mass is 32.1. The van der Waals surface area contributed by atoms with Crippen LogP contribution in [0.15, 0.2) is 36.9 Å². The molecule has 3 heteroatoms. The second-order valence-corrected chi connectivity index (χ2v) is 2.10. The number of hydrogen-bond donors (Lipinski definition) is 1. The lowest BCUT2D eigenvalue weighted by Gasteiger charge is -2.01. The lowest BCUT2D eigenvalue weighted by Crippen LogP contribution is -1.85. The van der Waals surface area contributed by atoms with E-state index in [4.69, 9.17) is 0 Å². The van der Waals surface area contributed by atoms with Crippen molar-refractivity contribution in [2.45, 2.75) is 0 Å². The summed E-state index contributed by atoms with van der Waals surface area (Å²) in [7, 11) is 0. The van der Waals surface area contributed by atoms with Gasteiger partial charge < -0.3 is 4.89 Å². The zero-order chi connectivity index (χ0) is 8.10. The summed E-state index contributed by atoms with van der Waals surface area (Å²) in [6.45, 7) is 3.62. The van der Waals surface area contributed by atoms with Crippen LogP contribution in [0.5, 0.6) is 0 Å². The Labute approximate surface area is 71.0 Å². The Balaban J connectivity index is 2.69. The summed E-state index contributed by atoms with van der Waals surface area (Å²) in [5, 5.41) is 0. The van der Waals surface area contributed by atoms with E-state index in [2.05, 4.69) is 28.7 Å². The first-order valence-corrected chi connectivity index (χ1v) is 3.43. The van der Waals surface area contributed by atoms with E-state index in [1.54, 1.807) is 0 Å². The first kappa shape index (κ1) is 8.17. The van der Waals surface area contributed by atoms with Crippen LogP contribution in [-0.2, 0) is 9.22 Å². The third-order valence-corrected chi connectivity index (χ3v) is 1.31. The van der Waals surface area contributed by atoms with E-state index in [0.29, 0.717) is 5.76 Å². The topological polar surface area (TPSA) is 18.5 Å². The van der Waals surface area contributed by atoms with E-state index >= 15 is 0 Å². The molecule has 0 spiro atoms. The highest BCUT2D eigenvalue weighted by molar-refractivity contribution is 7.74. The molecule has 0 bridgehead atoms. The molecular formula is C8H8O2S. The molecule has 0 aliphatic heterocycles. The van der Waals surface area contributed by atoms with Crippen molar-refractivity contribution in [1.29, 1.82) is 0 Å². The van der Waals surface area contributed by atoms with Crippen LogP contribution >= 0.6 is 12.9 Å². The van der Waals surface area contributed by atoms with Crippen molar-refractivity contribution in [3.05, 3.63) is 42.5 Å². The number of thiol groups is 1. The van der Waals surface area contributed by atoms with Gasteiger partial charge in [0.15, 0.2) is 5.76 Å². The lowest BCUT2D eigenvalue weighted by atomic mass is 10.2. The fourth-order valence-electron chi connectivity index (χ4n) is 0.717. The molecule has 0 atom stereocenters. The molecule has 1 rings (SSSR count). The summed E-state index contributed by atoms with van der Waals surface area (Å²) < 4.78 is 4.15. The van der Waals surface area contributed by atoms with Crippen molar-refractivity contribution in [3.63, 3.8) is 0 Å². The Bertz CT molecular complexity index is 233. The largest absolute Gasteiger partial charge is 0.325 e. The third kappa shape index (κ3) is 2.29. The molecule has 0 fully saturated rings. The summed E-state index contributed by atoms with van der Waals surface area (Å²) in [4.78, 5) is 4.60. The van der Waals surface area contributed by atoms with Crippen LogP contribution in [0.25, 0.3) is 5.76 Å². The van der Waals surface area contributed by atoms with Crippen molar-refractivity contribution in [3.8, 4) is 0 Å². The highest BCUT2D eigenvalue weighted by Gasteiger charge is 1.97. The van der Waals surface area contributed by atoms with E-state index in [1.165, 1.54) is 0 Å². The number of benzene rings is 1. The molecular weight excluding hydrogens is 160 g/mol. The summed E-state index contributed by atoms with van der Waals surface area (Å²) in [5.41, 5.74) is 0.876. The number of hydrogen-bond acceptors (Lipinski definition) is 3. The Hall–Kier alpha value is -0.930. The van der Waals surface area contributed by atoms with Crippen molar-refractivity contribution < 1.29 is 9.22 Å². The van der Waals surface area contributed by atoms with Gasteiger partial charge in [-0.2, -0.15) is 0 Å². The average molecular weight is 168 g/mol. The quantitative estimate of drug-likeness (QED) is 0.246. The lowest BCUT2D eigenvalue weighted by molar-refractivity contribution is -0.108. The molecule has 0 saturated carbocycles. The average Bonchev–Trinajstić information content (AvgIpc) is 2.07. The molecule has 0 unspecified atom stereocenters. The summed E-state index contributed by atoms with van der Waals surface area (Å²) in [5.74, 6) is 0.445. The van der Waals surface area contributed by atoms with Gasteiger partial charge in [0, 0.05) is 18.5 Å². The van der Waals surface area contributed by atoms with Crippen LogP contribution in [-0.4, -0.2) is 0 Å². The summed E-state index contributed by atoms with van der Waals surface area (Å²) >= 11 is 3.43. The minimum absolute atomic E-state index is 0.445. The first-order chi connectivity index (χ1) is 5.34. The molecule has 58 valence electrons. The van der Waals surface area contributed by atoms with E-state index in [0.717, 1.165) is 5.56 Å². The monoisotopic (exact) mass is 168 g/mol. The van der Waals surface area contributed by atoms with Crippen molar-refractivity contribution in [1.82, 2.24) is 0 Å². The zero-order valence-corrected chi connectivity index (χ0v) is 6.75.